The Morgan fingerprint density at radius 2 is 2.06 bits per heavy atom. The SMILES string of the molecule is COc1cccc(C(=O)N2CCCC(c3nc4c(c(C)nn4C4CCC4)c(=O)[nH]3)C2)c1. The number of amides is 1. The van der Waals surface area contributed by atoms with E-state index in [0.717, 1.165) is 31.4 Å². The van der Waals surface area contributed by atoms with Crippen molar-refractivity contribution in [1.29, 1.82) is 0 Å². The van der Waals surface area contributed by atoms with Gasteiger partial charge in [0.15, 0.2) is 5.65 Å². The molecule has 1 aromatic carbocycles. The lowest BCUT2D eigenvalue weighted by molar-refractivity contribution is 0.0704. The molecule has 1 amide bonds. The van der Waals surface area contributed by atoms with E-state index in [2.05, 4.69) is 10.1 Å². The zero-order valence-corrected chi connectivity index (χ0v) is 17.9. The van der Waals surface area contributed by atoms with E-state index >= 15 is 0 Å². The van der Waals surface area contributed by atoms with Gasteiger partial charge in [0.25, 0.3) is 11.5 Å². The Hall–Kier alpha value is -3.16. The van der Waals surface area contributed by atoms with Crippen LogP contribution in [0, 0.1) is 6.92 Å². The number of aromatic amines is 1. The number of carbonyl (C=O) groups excluding carboxylic acids is 1. The molecule has 162 valence electrons. The van der Waals surface area contributed by atoms with Crippen molar-refractivity contribution in [2.24, 2.45) is 0 Å². The summed E-state index contributed by atoms with van der Waals surface area (Å²) in [7, 11) is 1.59. The van der Waals surface area contributed by atoms with Gasteiger partial charge in [-0.3, -0.25) is 9.59 Å². The first-order valence-electron chi connectivity index (χ1n) is 11.0. The Labute approximate surface area is 180 Å². The van der Waals surface area contributed by atoms with Crippen molar-refractivity contribution in [2.75, 3.05) is 20.2 Å². The minimum absolute atomic E-state index is 0.00884. The number of fused-ring (bicyclic) bond motifs is 1. The molecule has 1 unspecified atom stereocenters. The molecule has 1 saturated carbocycles. The molecule has 2 aliphatic rings. The molecular formula is C23H27N5O3. The van der Waals surface area contributed by atoms with Crippen molar-refractivity contribution in [3.63, 3.8) is 0 Å². The number of nitrogens with zero attached hydrogens (tertiary/aromatic N) is 4. The molecule has 3 heterocycles. The van der Waals surface area contributed by atoms with E-state index in [0.29, 0.717) is 47.3 Å². The third-order valence-corrected chi connectivity index (χ3v) is 6.59. The van der Waals surface area contributed by atoms with Crippen LogP contribution in [0.5, 0.6) is 5.75 Å². The highest BCUT2D eigenvalue weighted by atomic mass is 16.5. The number of H-pyrrole nitrogens is 1. The summed E-state index contributed by atoms with van der Waals surface area (Å²) in [6.07, 6.45) is 5.08. The summed E-state index contributed by atoms with van der Waals surface area (Å²) in [5.41, 5.74) is 1.87. The molecule has 1 atom stereocenters. The minimum Gasteiger partial charge on any atom is -0.497 e. The smallest absolute Gasteiger partial charge is 0.262 e. The second-order valence-corrected chi connectivity index (χ2v) is 8.59. The van der Waals surface area contributed by atoms with Gasteiger partial charge in [-0.25, -0.2) is 9.67 Å². The number of methoxy groups -OCH3 is 1. The fourth-order valence-electron chi connectivity index (χ4n) is 4.63. The lowest BCUT2D eigenvalue weighted by Gasteiger charge is -2.32. The fourth-order valence-corrected chi connectivity index (χ4v) is 4.63. The van der Waals surface area contributed by atoms with E-state index in [1.165, 1.54) is 6.42 Å². The molecule has 1 aliphatic carbocycles. The summed E-state index contributed by atoms with van der Waals surface area (Å²) in [4.78, 5) is 35.7. The molecule has 1 aliphatic heterocycles. The molecule has 8 nitrogen and oxygen atoms in total. The first-order valence-corrected chi connectivity index (χ1v) is 11.0. The Kier molecular flexibility index (Phi) is 5.00. The lowest BCUT2D eigenvalue weighted by Crippen LogP contribution is -2.40. The lowest BCUT2D eigenvalue weighted by atomic mass is 9.93. The highest BCUT2D eigenvalue weighted by Gasteiger charge is 2.30. The molecule has 2 aromatic heterocycles. The first-order chi connectivity index (χ1) is 15.0. The van der Waals surface area contributed by atoms with Gasteiger partial charge in [-0.15, -0.1) is 0 Å². The van der Waals surface area contributed by atoms with Crippen LogP contribution in [0.25, 0.3) is 11.0 Å². The van der Waals surface area contributed by atoms with Crippen LogP contribution in [0.15, 0.2) is 29.1 Å². The second kappa shape index (κ2) is 7.83. The number of aryl methyl sites for hydroxylation is 1. The van der Waals surface area contributed by atoms with Crippen LogP contribution in [-0.4, -0.2) is 50.8 Å². The Morgan fingerprint density at radius 1 is 1.23 bits per heavy atom. The summed E-state index contributed by atoms with van der Waals surface area (Å²) >= 11 is 0. The maximum atomic E-state index is 13.1. The predicted molar refractivity (Wildman–Crippen MR) is 117 cm³/mol. The number of carbonyl (C=O) groups is 1. The number of hydrogen-bond acceptors (Lipinski definition) is 5. The van der Waals surface area contributed by atoms with Crippen molar-refractivity contribution in [2.45, 2.75) is 51.0 Å². The second-order valence-electron chi connectivity index (χ2n) is 8.59. The van der Waals surface area contributed by atoms with Crippen LogP contribution in [0.3, 0.4) is 0 Å². The van der Waals surface area contributed by atoms with Crippen LogP contribution in [0.1, 0.15) is 65.9 Å². The zero-order valence-electron chi connectivity index (χ0n) is 17.9. The van der Waals surface area contributed by atoms with Gasteiger partial charge in [0.1, 0.15) is 17.0 Å². The molecule has 1 saturated heterocycles. The van der Waals surface area contributed by atoms with E-state index < -0.39 is 0 Å². The van der Waals surface area contributed by atoms with Gasteiger partial charge in [-0.05, 0) is 57.2 Å². The third-order valence-electron chi connectivity index (χ3n) is 6.59. The highest BCUT2D eigenvalue weighted by molar-refractivity contribution is 5.94. The van der Waals surface area contributed by atoms with E-state index in [1.54, 1.807) is 19.2 Å². The van der Waals surface area contributed by atoms with Gasteiger partial charge in [-0.2, -0.15) is 5.10 Å². The summed E-state index contributed by atoms with van der Waals surface area (Å²) in [6.45, 7) is 3.09. The molecule has 31 heavy (non-hydrogen) atoms. The summed E-state index contributed by atoms with van der Waals surface area (Å²) in [5.74, 6) is 1.28. The third kappa shape index (κ3) is 3.49. The number of ether oxygens (including phenoxy) is 1. The van der Waals surface area contributed by atoms with Crippen LogP contribution < -0.4 is 10.3 Å². The van der Waals surface area contributed by atoms with E-state index in [9.17, 15) is 9.59 Å². The standard InChI is InChI=1S/C23H27N5O3/c1-14-19-21(28(26-14)17-8-4-9-17)24-20(25-22(19)29)16-7-5-11-27(13-16)23(30)15-6-3-10-18(12-15)31-2/h3,6,10,12,16-17H,4-5,7-9,11,13H2,1-2H3,(H,24,25,29). The van der Waals surface area contributed by atoms with Crippen molar-refractivity contribution in [3.05, 3.63) is 51.7 Å². The molecule has 1 N–H and O–H groups in total. The van der Waals surface area contributed by atoms with Gasteiger partial charge in [0.05, 0.1) is 18.8 Å². The van der Waals surface area contributed by atoms with Crippen molar-refractivity contribution in [1.82, 2.24) is 24.6 Å². The average Bonchev–Trinajstić information content (AvgIpc) is 3.08. The monoisotopic (exact) mass is 421 g/mol. The predicted octanol–water partition coefficient (Wildman–Crippen LogP) is 3.18. The van der Waals surface area contributed by atoms with Gasteiger partial charge in [0.2, 0.25) is 0 Å². The van der Waals surface area contributed by atoms with Crippen molar-refractivity contribution >= 4 is 16.9 Å². The summed E-state index contributed by atoms with van der Waals surface area (Å²) in [6, 6.07) is 7.55. The highest BCUT2D eigenvalue weighted by Crippen LogP contribution is 2.34. The number of piperidine rings is 1. The Bertz CT molecular complexity index is 1190. The molecule has 0 spiro atoms. The molecule has 3 aromatic rings. The maximum absolute atomic E-state index is 13.1. The normalized spacial score (nSPS) is 19.4. The van der Waals surface area contributed by atoms with E-state index in [-0.39, 0.29) is 17.4 Å². The number of likely N-dealkylation sites (tertiary alicyclic amines) is 1. The maximum Gasteiger partial charge on any atom is 0.262 e. The molecule has 5 rings (SSSR count). The van der Waals surface area contributed by atoms with Crippen LogP contribution in [-0.2, 0) is 0 Å². The number of benzene rings is 1. The van der Waals surface area contributed by atoms with Gasteiger partial charge in [-0.1, -0.05) is 6.07 Å². The average molecular weight is 422 g/mol. The van der Waals surface area contributed by atoms with Gasteiger partial charge in [0, 0.05) is 24.6 Å². The first kappa shape index (κ1) is 19.8. The fraction of sp³-hybridized carbons (Fsp3) is 0.478. The molecule has 8 heteroatoms. The molecule has 0 radical (unpaired) electrons. The van der Waals surface area contributed by atoms with Gasteiger partial charge < -0.3 is 14.6 Å². The quantitative estimate of drug-likeness (QED) is 0.698. The number of nitrogens with one attached hydrogen (secondary N) is 1. The molecule has 0 bridgehead atoms. The van der Waals surface area contributed by atoms with Crippen molar-refractivity contribution < 1.29 is 9.53 Å². The van der Waals surface area contributed by atoms with E-state index in [1.807, 2.05) is 28.6 Å². The van der Waals surface area contributed by atoms with Crippen LogP contribution in [0.2, 0.25) is 0 Å². The summed E-state index contributed by atoms with van der Waals surface area (Å²) < 4.78 is 7.19. The topological polar surface area (TPSA) is 93.1 Å². The van der Waals surface area contributed by atoms with E-state index in [4.69, 9.17) is 9.72 Å². The zero-order chi connectivity index (χ0) is 21.5. The Balaban J connectivity index is 1.44. The molecular weight excluding hydrogens is 394 g/mol. The largest absolute Gasteiger partial charge is 0.497 e. The van der Waals surface area contributed by atoms with Gasteiger partial charge >= 0.3 is 0 Å². The number of rotatable bonds is 4. The molecule has 2 fully saturated rings. The van der Waals surface area contributed by atoms with Crippen LogP contribution in [0.4, 0.5) is 0 Å². The number of aromatic nitrogens is 4. The van der Waals surface area contributed by atoms with Crippen LogP contribution >= 0.6 is 0 Å². The Morgan fingerprint density at radius 3 is 2.81 bits per heavy atom. The minimum atomic E-state index is -0.140. The van der Waals surface area contributed by atoms with Crippen molar-refractivity contribution in [3.8, 4) is 5.75 Å². The number of hydrogen-bond donors (Lipinski definition) is 1. The summed E-state index contributed by atoms with van der Waals surface area (Å²) in [5, 5.41) is 5.20.